The van der Waals surface area contributed by atoms with E-state index in [1.54, 1.807) is 0 Å². The van der Waals surface area contributed by atoms with Gasteiger partial charge in [0.25, 0.3) is 10.0 Å². The number of sulfonamides is 1. The van der Waals surface area contributed by atoms with Gasteiger partial charge in [0.2, 0.25) is 0 Å². The molecule has 7 heteroatoms. The number of aryl methyl sites for hydroxylation is 1. The molecule has 0 spiro atoms. The second-order valence-corrected chi connectivity index (χ2v) is 6.19. The number of hydrogen-bond donors (Lipinski definition) is 2. The van der Waals surface area contributed by atoms with Crippen LogP contribution in [0.15, 0.2) is 11.2 Å². The average molecular weight is 273 g/mol. The summed E-state index contributed by atoms with van der Waals surface area (Å²) in [7, 11) is -3.46. The van der Waals surface area contributed by atoms with Crippen molar-refractivity contribution < 1.29 is 13.2 Å². The minimum atomic E-state index is -3.46. The van der Waals surface area contributed by atoms with Crippen LogP contribution in [0.3, 0.4) is 0 Å². The topological polar surface area (TPSA) is 84.1 Å². The third-order valence-corrected chi connectivity index (χ3v) is 4.47. The highest BCUT2D eigenvalue weighted by Gasteiger charge is 2.20. The van der Waals surface area contributed by atoms with Gasteiger partial charge in [-0.15, -0.1) is 0 Å². The highest BCUT2D eigenvalue weighted by molar-refractivity contribution is 7.89. The number of nitrogens with zero attached hydrogens (tertiary/aromatic N) is 1. The minimum Gasteiger partial charge on any atom is -0.381 e. The average Bonchev–Trinajstić information content (AvgIpc) is 2.87. The Labute approximate surface area is 107 Å². The molecule has 0 amide bonds. The van der Waals surface area contributed by atoms with Crippen LogP contribution in [-0.2, 0) is 21.2 Å². The smallest absolute Gasteiger partial charge is 0.257 e. The van der Waals surface area contributed by atoms with Crippen LogP contribution in [0.4, 0.5) is 0 Å². The van der Waals surface area contributed by atoms with Crippen LogP contribution in [0.1, 0.15) is 25.6 Å². The van der Waals surface area contributed by atoms with E-state index in [4.69, 9.17) is 4.74 Å². The third-order valence-electron chi connectivity index (χ3n) is 3.13. The molecular formula is C11H19N3O3S. The standard InChI is InChI=1S/C11H19N3O3S/c1-2-10-12-8-11(14-10)18(15,16)13-7-9-3-5-17-6-4-9/h8-9,13H,2-7H2,1H3,(H,12,14). The number of aromatic nitrogens is 2. The molecule has 2 N–H and O–H groups in total. The van der Waals surface area contributed by atoms with Crippen molar-refractivity contribution in [2.24, 2.45) is 5.92 Å². The predicted molar refractivity (Wildman–Crippen MR) is 66.7 cm³/mol. The van der Waals surface area contributed by atoms with Gasteiger partial charge in [-0.25, -0.2) is 18.1 Å². The van der Waals surface area contributed by atoms with E-state index in [0.717, 1.165) is 26.1 Å². The fourth-order valence-corrected chi connectivity index (χ4v) is 2.97. The molecular weight excluding hydrogens is 254 g/mol. The van der Waals surface area contributed by atoms with Crippen LogP contribution >= 0.6 is 0 Å². The highest BCUT2D eigenvalue weighted by atomic mass is 32.2. The lowest BCUT2D eigenvalue weighted by Gasteiger charge is -2.21. The van der Waals surface area contributed by atoms with Gasteiger partial charge in [0, 0.05) is 26.2 Å². The Kier molecular flexibility index (Phi) is 4.36. The van der Waals surface area contributed by atoms with E-state index < -0.39 is 10.0 Å². The first-order chi connectivity index (χ1) is 8.62. The highest BCUT2D eigenvalue weighted by Crippen LogP contribution is 2.14. The molecule has 1 fully saturated rings. The Balaban J connectivity index is 1.94. The van der Waals surface area contributed by atoms with Crippen molar-refractivity contribution >= 4 is 10.0 Å². The number of H-pyrrole nitrogens is 1. The lowest BCUT2D eigenvalue weighted by atomic mass is 10.0. The van der Waals surface area contributed by atoms with Gasteiger partial charge in [-0.2, -0.15) is 0 Å². The summed E-state index contributed by atoms with van der Waals surface area (Å²) in [5, 5.41) is 0.145. The van der Waals surface area contributed by atoms with Gasteiger partial charge in [0.05, 0.1) is 6.20 Å². The monoisotopic (exact) mass is 273 g/mol. The summed E-state index contributed by atoms with van der Waals surface area (Å²) < 4.78 is 31.8. The zero-order valence-electron chi connectivity index (χ0n) is 10.5. The molecule has 0 unspecified atom stereocenters. The maximum atomic E-state index is 12.0. The fraction of sp³-hybridized carbons (Fsp3) is 0.727. The number of rotatable bonds is 5. The summed E-state index contributed by atoms with van der Waals surface area (Å²) in [6.45, 7) is 3.82. The summed E-state index contributed by atoms with van der Waals surface area (Å²) in [6, 6.07) is 0. The largest absolute Gasteiger partial charge is 0.381 e. The summed E-state index contributed by atoms with van der Waals surface area (Å²) in [5.74, 6) is 1.04. The molecule has 6 nitrogen and oxygen atoms in total. The molecule has 1 aromatic rings. The van der Waals surface area contributed by atoms with Gasteiger partial charge in [-0.1, -0.05) is 6.92 Å². The van der Waals surface area contributed by atoms with E-state index in [9.17, 15) is 8.42 Å². The quantitative estimate of drug-likeness (QED) is 0.826. The molecule has 18 heavy (non-hydrogen) atoms. The lowest BCUT2D eigenvalue weighted by Crippen LogP contribution is -2.32. The van der Waals surface area contributed by atoms with Gasteiger partial charge < -0.3 is 9.72 Å². The number of nitrogens with one attached hydrogen (secondary N) is 2. The third kappa shape index (κ3) is 3.30. The molecule has 0 bridgehead atoms. The maximum absolute atomic E-state index is 12.0. The van der Waals surface area contributed by atoms with Crippen molar-refractivity contribution in [3.8, 4) is 0 Å². The van der Waals surface area contributed by atoms with Crippen LogP contribution in [-0.4, -0.2) is 38.1 Å². The molecule has 2 heterocycles. The van der Waals surface area contributed by atoms with Crippen molar-refractivity contribution in [1.29, 1.82) is 0 Å². The Hall–Kier alpha value is -0.920. The van der Waals surface area contributed by atoms with Crippen molar-refractivity contribution in [2.75, 3.05) is 19.8 Å². The Bertz CT molecular complexity index is 477. The van der Waals surface area contributed by atoms with Crippen molar-refractivity contribution in [2.45, 2.75) is 31.2 Å². The Morgan fingerprint density at radius 3 is 2.83 bits per heavy atom. The van der Waals surface area contributed by atoms with Gasteiger partial charge in [0.1, 0.15) is 5.82 Å². The van der Waals surface area contributed by atoms with Gasteiger partial charge in [0.15, 0.2) is 5.03 Å². The summed E-state index contributed by atoms with van der Waals surface area (Å²) in [5.41, 5.74) is 0. The number of aromatic amines is 1. The molecule has 0 atom stereocenters. The minimum absolute atomic E-state index is 0.145. The van der Waals surface area contributed by atoms with Crippen LogP contribution in [0.5, 0.6) is 0 Å². The number of imidazole rings is 1. The molecule has 0 radical (unpaired) electrons. The van der Waals surface area contributed by atoms with E-state index in [1.807, 2.05) is 6.92 Å². The number of ether oxygens (including phenoxy) is 1. The Morgan fingerprint density at radius 1 is 1.50 bits per heavy atom. The summed E-state index contributed by atoms with van der Waals surface area (Å²) in [4.78, 5) is 6.81. The molecule has 1 aromatic heterocycles. The lowest BCUT2D eigenvalue weighted by molar-refractivity contribution is 0.0678. The molecule has 0 aliphatic carbocycles. The van der Waals surface area contributed by atoms with E-state index in [0.29, 0.717) is 24.7 Å². The molecule has 0 aromatic carbocycles. The van der Waals surface area contributed by atoms with Gasteiger partial charge in [-0.05, 0) is 18.8 Å². The van der Waals surface area contributed by atoms with E-state index in [2.05, 4.69) is 14.7 Å². The second-order valence-electron chi connectivity index (χ2n) is 4.46. The zero-order valence-corrected chi connectivity index (χ0v) is 11.3. The SMILES string of the molecule is CCc1ncc(S(=O)(=O)NCC2CCOCC2)[nH]1. The van der Waals surface area contributed by atoms with Crippen molar-refractivity contribution in [1.82, 2.24) is 14.7 Å². The van der Waals surface area contributed by atoms with Crippen LogP contribution in [0, 0.1) is 5.92 Å². The van der Waals surface area contributed by atoms with E-state index >= 15 is 0 Å². The fourth-order valence-electron chi connectivity index (χ4n) is 1.92. The van der Waals surface area contributed by atoms with Crippen molar-refractivity contribution in [3.63, 3.8) is 0 Å². The van der Waals surface area contributed by atoms with Gasteiger partial charge in [-0.3, -0.25) is 0 Å². The molecule has 102 valence electrons. The van der Waals surface area contributed by atoms with Crippen molar-refractivity contribution in [3.05, 3.63) is 12.0 Å². The van der Waals surface area contributed by atoms with Crippen LogP contribution in [0.25, 0.3) is 0 Å². The van der Waals surface area contributed by atoms with Gasteiger partial charge >= 0.3 is 0 Å². The summed E-state index contributed by atoms with van der Waals surface area (Å²) >= 11 is 0. The first kappa shape index (κ1) is 13.5. The molecule has 2 rings (SSSR count). The maximum Gasteiger partial charge on any atom is 0.257 e. The van der Waals surface area contributed by atoms with Crippen LogP contribution < -0.4 is 4.72 Å². The predicted octanol–water partition coefficient (Wildman–Crippen LogP) is 0.677. The van der Waals surface area contributed by atoms with E-state index in [-0.39, 0.29) is 5.03 Å². The second kappa shape index (κ2) is 5.81. The van der Waals surface area contributed by atoms with E-state index in [1.165, 1.54) is 6.20 Å². The summed E-state index contributed by atoms with van der Waals surface area (Å²) in [6.07, 6.45) is 3.87. The number of hydrogen-bond acceptors (Lipinski definition) is 4. The molecule has 0 saturated carbocycles. The zero-order chi connectivity index (χ0) is 13.0. The molecule has 1 aliphatic heterocycles. The first-order valence-electron chi connectivity index (χ1n) is 6.23. The normalized spacial score (nSPS) is 18.1. The molecule has 1 saturated heterocycles. The molecule has 1 aliphatic rings. The Morgan fingerprint density at radius 2 is 2.22 bits per heavy atom. The first-order valence-corrected chi connectivity index (χ1v) is 7.71. The van der Waals surface area contributed by atoms with Crippen LogP contribution in [0.2, 0.25) is 0 Å².